The Hall–Kier alpha value is -5.09. The van der Waals surface area contributed by atoms with Crippen molar-refractivity contribution in [3.05, 3.63) is 109 Å². The fourth-order valence-electron chi connectivity index (χ4n) is 7.00. The van der Waals surface area contributed by atoms with Gasteiger partial charge in [-0.3, -0.25) is 0 Å². The highest BCUT2D eigenvalue weighted by Gasteiger charge is 2.42. The molecule has 0 spiro atoms. The number of hydrogen-bond donors (Lipinski definition) is 0. The minimum Gasteiger partial charge on any atom is -0.458 e. The zero-order valence-electron chi connectivity index (χ0n) is 21.2. The van der Waals surface area contributed by atoms with Crippen LogP contribution in [-0.2, 0) is 0 Å². The van der Waals surface area contributed by atoms with Crippen LogP contribution in [0.5, 0.6) is 46.0 Å². The summed E-state index contributed by atoms with van der Waals surface area (Å²) in [6.45, 7) is 0.0698. The molecule has 4 heterocycles. The Morgan fingerprint density at radius 3 is 1.18 bits per heavy atom. The van der Waals surface area contributed by atoms with Gasteiger partial charge in [-0.15, -0.1) is 0 Å². The molecule has 0 aliphatic carbocycles. The summed E-state index contributed by atoms with van der Waals surface area (Å²) in [6, 6.07) is 37.7. The van der Waals surface area contributed by atoms with Gasteiger partial charge in [0.05, 0.1) is 0 Å². The van der Waals surface area contributed by atoms with Gasteiger partial charge < -0.3 is 18.9 Å². The summed E-state index contributed by atoms with van der Waals surface area (Å²) in [5.41, 5.74) is 6.79. The molecular formula is C34H18B2O4. The van der Waals surface area contributed by atoms with Crippen molar-refractivity contribution in [2.75, 3.05) is 0 Å². The van der Waals surface area contributed by atoms with E-state index in [9.17, 15) is 0 Å². The first-order chi connectivity index (χ1) is 19.8. The van der Waals surface area contributed by atoms with Crippen LogP contribution in [0.25, 0.3) is 10.8 Å². The first kappa shape index (κ1) is 20.8. The molecule has 0 aromatic heterocycles. The molecule has 40 heavy (non-hydrogen) atoms. The van der Waals surface area contributed by atoms with E-state index in [1.807, 2.05) is 60.7 Å². The molecule has 6 heteroatoms. The van der Waals surface area contributed by atoms with Gasteiger partial charge in [-0.1, -0.05) is 60.7 Å². The van der Waals surface area contributed by atoms with Crippen LogP contribution in [0.15, 0.2) is 109 Å². The molecule has 0 amide bonds. The second-order valence-corrected chi connectivity index (χ2v) is 10.8. The highest BCUT2D eigenvalue weighted by molar-refractivity contribution is 6.99. The number of hydrogen-bond acceptors (Lipinski definition) is 4. The highest BCUT2D eigenvalue weighted by Crippen LogP contribution is 2.38. The molecule has 0 saturated heterocycles. The maximum atomic E-state index is 6.52. The molecule has 0 fully saturated rings. The topological polar surface area (TPSA) is 36.9 Å². The maximum absolute atomic E-state index is 6.52. The van der Waals surface area contributed by atoms with Gasteiger partial charge >= 0.3 is 0 Å². The van der Waals surface area contributed by atoms with Crippen LogP contribution in [0.2, 0.25) is 0 Å². The van der Waals surface area contributed by atoms with Gasteiger partial charge in [0.1, 0.15) is 46.0 Å². The lowest BCUT2D eigenvalue weighted by atomic mass is 9.34. The van der Waals surface area contributed by atoms with Crippen LogP contribution in [0.1, 0.15) is 0 Å². The van der Waals surface area contributed by atoms with Gasteiger partial charge in [-0.2, -0.15) is 0 Å². The third-order valence-corrected chi connectivity index (χ3v) is 8.69. The summed E-state index contributed by atoms with van der Waals surface area (Å²) >= 11 is 0. The van der Waals surface area contributed by atoms with E-state index >= 15 is 0 Å². The van der Waals surface area contributed by atoms with E-state index in [1.165, 1.54) is 0 Å². The van der Waals surface area contributed by atoms with Crippen LogP contribution in [0.3, 0.4) is 0 Å². The lowest BCUT2D eigenvalue weighted by Gasteiger charge is -2.34. The molecule has 0 bridgehead atoms. The zero-order chi connectivity index (χ0) is 25.9. The van der Waals surface area contributed by atoms with Crippen molar-refractivity contribution in [1.82, 2.24) is 0 Å². The molecule has 4 aliphatic rings. The van der Waals surface area contributed by atoms with Gasteiger partial charge in [-0.25, -0.2) is 0 Å². The Balaban J connectivity index is 1.22. The fourth-order valence-corrected chi connectivity index (χ4v) is 7.00. The summed E-state index contributed by atoms with van der Waals surface area (Å²) in [5.74, 6) is 6.93. The molecule has 4 nitrogen and oxygen atoms in total. The SMILES string of the molecule is c1ccc2c(c1)Oc1cccc3c1B2c1cc2cc4c(cc2cc1O3)Oc1cccc2c1B4c1ccccc1O2. The molecule has 6 aromatic carbocycles. The van der Waals surface area contributed by atoms with Crippen LogP contribution < -0.4 is 51.7 Å². The summed E-state index contributed by atoms with van der Waals surface area (Å²) in [7, 11) is 0. The standard InChI is InChI=1S/C34H18B2O4/c1-3-9-25-21(7-1)35-23-15-19-16-24-32(18-20(19)17-31(23)39-29-13-5-11-27(37-25)33(29)35)40-30-14-6-12-28-34(30)36(24)22-8-2-4-10-26(22)38-28/h1-18H. The quantitative estimate of drug-likeness (QED) is 0.284. The molecule has 0 radical (unpaired) electrons. The molecule has 0 saturated carbocycles. The second kappa shape index (κ2) is 7.30. The summed E-state index contributed by atoms with van der Waals surface area (Å²) in [4.78, 5) is 0. The molecule has 0 N–H and O–H groups in total. The Morgan fingerprint density at radius 1 is 0.325 bits per heavy atom. The Labute approximate surface area is 230 Å². The first-order valence-corrected chi connectivity index (χ1v) is 13.6. The highest BCUT2D eigenvalue weighted by atomic mass is 16.5. The van der Waals surface area contributed by atoms with Gasteiger partial charge in [0.2, 0.25) is 0 Å². The second-order valence-electron chi connectivity index (χ2n) is 10.8. The lowest BCUT2D eigenvalue weighted by Crippen LogP contribution is -2.58. The molecule has 184 valence electrons. The van der Waals surface area contributed by atoms with Gasteiger partial charge in [0.15, 0.2) is 0 Å². The average Bonchev–Trinajstić information content (AvgIpc) is 2.99. The van der Waals surface area contributed by atoms with Crippen molar-refractivity contribution in [3.63, 3.8) is 0 Å². The van der Waals surface area contributed by atoms with Gasteiger partial charge in [0.25, 0.3) is 13.4 Å². The number of para-hydroxylation sites is 2. The van der Waals surface area contributed by atoms with Crippen molar-refractivity contribution in [2.24, 2.45) is 0 Å². The lowest BCUT2D eigenvalue weighted by molar-refractivity contribution is 0.464. The molecule has 6 aromatic rings. The largest absolute Gasteiger partial charge is 0.458 e. The predicted octanol–water partition coefficient (Wildman–Crippen LogP) is 4.30. The minimum absolute atomic E-state index is 0.0349. The third kappa shape index (κ3) is 2.63. The molecule has 0 unspecified atom stereocenters. The Kier molecular flexibility index (Phi) is 3.80. The van der Waals surface area contributed by atoms with E-state index in [0.717, 1.165) is 89.5 Å². The van der Waals surface area contributed by atoms with Crippen LogP contribution in [-0.4, -0.2) is 13.4 Å². The molecule has 0 atom stereocenters. The van der Waals surface area contributed by atoms with E-state index in [-0.39, 0.29) is 13.4 Å². The van der Waals surface area contributed by atoms with Crippen LogP contribution in [0, 0.1) is 0 Å². The number of rotatable bonds is 0. The van der Waals surface area contributed by atoms with Crippen LogP contribution in [0.4, 0.5) is 0 Å². The molecule has 10 rings (SSSR count). The number of ether oxygens (including phenoxy) is 4. The van der Waals surface area contributed by atoms with Crippen molar-refractivity contribution in [3.8, 4) is 46.0 Å². The fraction of sp³-hybridized carbons (Fsp3) is 0. The Morgan fingerprint density at radius 2 is 0.700 bits per heavy atom. The smallest absolute Gasteiger partial charge is 0.260 e. The van der Waals surface area contributed by atoms with Crippen molar-refractivity contribution in [1.29, 1.82) is 0 Å². The third-order valence-electron chi connectivity index (χ3n) is 8.69. The van der Waals surface area contributed by atoms with Gasteiger partial charge in [0, 0.05) is 10.9 Å². The molecular weight excluding hydrogens is 494 g/mol. The maximum Gasteiger partial charge on any atom is 0.260 e. The van der Waals surface area contributed by atoms with E-state index in [0.29, 0.717) is 0 Å². The number of benzene rings is 6. The normalized spacial score (nSPS) is 14.2. The van der Waals surface area contributed by atoms with Crippen molar-refractivity contribution >= 4 is 57.0 Å². The van der Waals surface area contributed by atoms with Crippen molar-refractivity contribution in [2.45, 2.75) is 0 Å². The monoisotopic (exact) mass is 512 g/mol. The van der Waals surface area contributed by atoms with E-state index in [1.54, 1.807) is 0 Å². The van der Waals surface area contributed by atoms with Gasteiger partial charge in [-0.05, 0) is 81.2 Å². The molecule has 4 aliphatic heterocycles. The van der Waals surface area contributed by atoms with Crippen LogP contribution >= 0.6 is 0 Å². The number of fused-ring (bicyclic) bond motifs is 9. The average molecular weight is 512 g/mol. The summed E-state index contributed by atoms with van der Waals surface area (Å²) in [5, 5.41) is 2.23. The van der Waals surface area contributed by atoms with E-state index in [4.69, 9.17) is 18.9 Å². The first-order valence-electron chi connectivity index (χ1n) is 13.6. The summed E-state index contributed by atoms with van der Waals surface area (Å²) < 4.78 is 25.7. The zero-order valence-corrected chi connectivity index (χ0v) is 21.2. The summed E-state index contributed by atoms with van der Waals surface area (Å²) in [6.07, 6.45) is 0. The Bertz CT molecular complexity index is 1960. The van der Waals surface area contributed by atoms with Crippen molar-refractivity contribution < 1.29 is 18.9 Å². The van der Waals surface area contributed by atoms with E-state index < -0.39 is 0 Å². The minimum atomic E-state index is 0.0349. The van der Waals surface area contributed by atoms with E-state index in [2.05, 4.69) is 48.5 Å². The predicted molar refractivity (Wildman–Crippen MR) is 159 cm³/mol.